The Morgan fingerprint density at radius 1 is 1.67 bits per heavy atom. The third kappa shape index (κ3) is 2.12. The summed E-state index contributed by atoms with van der Waals surface area (Å²) in [7, 11) is 0. The van der Waals surface area contributed by atoms with Gasteiger partial charge in [-0.3, -0.25) is 15.1 Å². The van der Waals surface area contributed by atoms with Crippen LogP contribution in [0.5, 0.6) is 0 Å². The lowest BCUT2D eigenvalue weighted by Crippen LogP contribution is -1.86. The molecule has 0 unspecified atom stereocenters. The Balaban J connectivity index is 2.89. The van der Waals surface area contributed by atoms with Crippen molar-refractivity contribution in [2.75, 3.05) is 0 Å². The first-order valence-corrected chi connectivity index (χ1v) is 3.11. The van der Waals surface area contributed by atoms with Gasteiger partial charge in [-0.25, -0.2) is 4.39 Å². The predicted octanol–water partition coefficient (Wildman–Crippen LogP) is 1.47. The second-order valence-corrected chi connectivity index (χ2v) is 2.00. The van der Waals surface area contributed by atoms with Crippen LogP contribution in [0.2, 0.25) is 0 Å². The van der Waals surface area contributed by atoms with Crippen LogP contribution in [-0.2, 0) is 0 Å². The summed E-state index contributed by atoms with van der Waals surface area (Å²) in [6.07, 6.45) is 4.12. The molecule has 4 nitrogen and oxygen atoms in total. The van der Waals surface area contributed by atoms with E-state index >= 15 is 0 Å². The first-order chi connectivity index (χ1) is 5.70. The molecular formula is C7H5FN2O2. The Morgan fingerprint density at radius 2 is 2.42 bits per heavy atom. The zero-order valence-corrected chi connectivity index (χ0v) is 5.98. The van der Waals surface area contributed by atoms with Crippen LogP contribution in [0.4, 0.5) is 4.39 Å². The van der Waals surface area contributed by atoms with Gasteiger partial charge in [0.2, 0.25) is 6.20 Å². The third-order valence-electron chi connectivity index (χ3n) is 1.18. The molecule has 1 aromatic rings. The van der Waals surface area contributed by atoms with Gasteiger partial charge in [-0.1, -0.05) is 0 Å². The summed E-state index contributed by atoms with van der Waals surface area (Å²) >= 11 is 0. The van der Waals surface area contributed by atoms with Crippen molar-refractivity contribution in [1.82, 2.24) is 4.98 Å². The molecular weight excluding hydrogens is 163 g/mol. The first-order valence-electron chi connectivity index (χ1n) is 3.11. The Bertz CT molecular complexity index is 325. The van der Waals surface area contributed by atoms with E-state index in [0.717, 1.165) is 12.3 Å². The van der Waals surface area contributed by atoms with Gasteiger partial charge >= 0.3 is 0 Å². The van der Waals surface area contributed by atoms with Gasteiger partial charge in [0.05, 0.1) is 11.1 Å². The van der Waals surface area contributed by atoms with E-state index in [0.29, 0.717) is 6.20 Å². The van der Waals surface area contributed by atoms with Crippen molar-refractivity contribution < 1.29 is 9.31 Å². The minimum atomic E-state index is -0.653. The van der Waals surface area contributed by atoms with Gasteiger partial charge in [0.1, 0.15) is 5.82 Å². The zero-order chi connectivity index (χ0) is 8.97. The smallest absolute Gasteiger partial charge is 0.235 e. The number of nitrogens with zero attached hydrogens (tertiary/aromatic N) is 2. The molecule has 1 heterocycles. The summed E-state index contributed by atoms with van der Waals surface area (Å²) in [5.74, 6) is -0.574. The standard InChI is InChI=1S/C7H5FN2O2/c8-7-5-9-3-1-6(7)2-4-10(11)12/h1-5H/b4-2+. The molecule has 0 N–H and O–H groups in total. The summed E-state index contributed by atoms with van der Waals surface area (Å²) < 4.78 is 12.7. The summed E-state index contributed by atoms with van der Waals surface area (Å²) in [5.41, 5.74) is 0.154. The molecule has 0 aliphatic rings. The number of pyridine rings is 1. The van der Waals surface area contributed by atoms with Gasteiger partial charge in [-0.05, 0) is 6.07 Å². The van der Waals surface area contributed by atoms with Gasteiger partial charge in [0, 0.05) is 17.8 Å². The lowest BCUT2D eigenvalue weighted by atomic mass is 10.2. The van der Waals surface area contributed by atoms with Crippen LogP contribution in [0.25, 0.3) is 6.08 Å². The third-order valence-corrected chi connectivity index (χ3v) is 1.18. The van der Waals surface area contributed by atoms with Crippen LogP contribution in [-0.4, -0.2) is 9.91 Å². The molecule has 0 saturated carbocycles. The monoisotopic (exact) mass is 168 g/mol. The number of rotatable bonds is 2. The van der Waals surface area contributed by atoms with E-state index < -0.39 is 10.7 Å². The molecule has 12 heavy (non-hydrogen) atoms. The predicted molar refractivity (Wildman–Crippen MR) is 40.2 cm³/mol. The number of aromatic nitrogens is 1. The maximum atomic E-state index is 12.7. The average molecular weight is 168 g/mol. The molecule has 1 aromatic heterocycles. The maximum absolute atomic E-state index is 12.7. The SMILES string of the molecule is O=[N+]([O-])/C=C/c1ccncc1F. The van der Waals surface area contributed by atoms with E-state index in [1.807, 2.05) is 0 Å². The van der Waals surface area contributed by atoms with Gasteiger partial charge in [-0.2, -0.15) is 0 Å². The highest BCUT2D eigenvalue weighted by Gasteiger charge is 1.97. The van der Waals surface area contributed by atoms with Crippen LogP contribution in [0.1, 0.15) is 5.56 Å². The summed E-state index contributed by atoms with van der Waals surface area (Å²) in [5, 5.41) is 9.86. The van der Waals surface area contributed by atoms with E-state index in [2.05, 4.69) is 4.98 Å². The van der Waals surface area contributed by atoms with Crippen molar-refractivity contribution in [1.29, 1.82) is 0 Å². The van der Waals surface area contributed by atoms with Crippen molar-refractivity contribution in [3.8, 4) is 0 Å². The summed E-state index contributed by atoms with van der Waals surface area (Å²) in [4.78, 5) is 12.7. The maximum Gasteiger partial charge on any atom is 0.235 e. The molecule has 0 aliphatic heterocycles. The quantitative estimate of drug-likeness (QED) is 0.496. The summed E-state index contributed by atoms with van der Waals surface area (Å²) in [6, 6.07) is 1.36. The number of halogens is 1. The molecule has 0 aromatic carbocycles. The Labute approximate surface area is 67.5 Å². The second kappa shape index (κ2) is 3.56. The van der Waals surface area contributed by atoms with Crippen molar-refractivity contribution in [2.24, 2.45) is 0 Å². The molecule has 0 amide bonds. The van der Waals surface area contributed by atoms with Crippen LogP contribution < -0.4 is 0 Å². The normalized spacial score (nSPS) is 10.4. The molecule has 1 rings (SSSR count). The van der Waals surface area contributed by atoms with E-state index in [-0.39, 0.29) is 5.56 Å². The van der Waals surface area contributed by atoms with Crippen LogP contribution in [0.15, 0.2) is 24.7 Å². The Morgan fingerprint density at radius 3 is 3.00 bits per heavy atom. The highest BCUT2D eigenvalue weighted by atomic mass is 19.1. The minimum Gasteiger partial charge on any atom is -0.262 e. The van der Waals surface area contributed by atoms with Crippen LogP contribution in [0, 0.1) is 15.9 Å². The lowest BCUT2D eigenvalue weighted by molar-refractivity contribution is -0.400. The van der Waals surface area contributed by atoms with Gasteiger partial charge < -0.3 is 0 Å². The van der Waals surface area contributed by atoms with E-state index in [4.69, 9.17) is 0 Å². The van der Waals surface area contributed by atoms with Gasteiger partial charge in [0.15, 0.2) is 0 Å². The van der Waals surface area contributed by atoms with Crippen molar-refractivity contribution >= 4 is 6.08 Å². The molecule has 0 atom stereocenters. The minimum absolute atomic E-state index is 0.154. The van der Waals surface area contributed by atoms with Gasteiger partial charge in [0.25, 0.3) is 0 Å². The second-order valence-electron chi connectivity index (χ2n) is 2.00. The molecule has 0 saturated heterocycles. The Kier molecular flexibility index (Phi) is 2.47. The number of hydrogen-bond donors (Lipinski definition) is 0. The van der Waals surface area contributed by atoms with Crippen LogP contribution in [0.3, 0.4) is 0 Å². The zero-order valence-electron chi connectivity index (χ0n) is 5.98. The van der Waals surface area contributed by atoms with Gasteiger partial charge in [-0.15, -0.1) is 0 Å². The summed E-state index contributed by atoms with van der Waals surface area (Å²) in [6.45, 7) is 0. The number of nitro groups is 1. The fraction of sp³-hybridized carbons (Fsp3) is 0. The Hall–Kier alpha value is -1.78. The van der Waals surface area contributed by atoms with E-state index in [1.165, 1.54) is 12.3 Å². The average Bonchev–Trinajstić information content (AvgIpc) is 2.03. The van der Waals surface area contributed by atoms with E-state index in [9.17, 15) is 14.5 Å². The highest BCUT2D eigenvalue weighted by Crippen LogP contribution is 2.05. The van der Waals surface area contributed by atoms with Crippen molar-refractivity contribution in [2.45, 2.75) is 0 Å². The van der Waals surface area contributed by atoms with Crippen molar-refractivity contribution in [3.05, 3.63) is 46.2 Å². The van der Waals surface area contributed by atoms with Crippen LogP contribution >= 0.6 is 0 Å². The first kappa shape index (κ1) is 8.32. The number of hydrogen-bond acceptors (Lipinski definition) is 3. The molecule has 5 heteroatoms. The fourth-order valence-corrected chi connectivity index (χ4v) is 0.662. The molecule has 0 fully saturated rings. The van der Waals surface area contributed by atoms with Crippen molar-refractivity contribution in [3.63, 3.8) is 0 Å². The molecule has 0 spiro atoms. The fourth-order valence-electron chi connectivity index (χ4n) is 0.662. The molecule has 0 bridgehead atoms. The highest BCUT2D eigenvalue weighted by molar-refractivity contribution is 5.47. The molecule has 0 aliphatic carbocycles. The van der Waals surface area contributed by atoms with E-state index in [1.54, 1.807) is 0 Å². The molecule has 0 radical (unpaired) electrons. The molecule has 62 valence electrons. The largest absolute Gasteiger partial charge is 0.262 e. The lowest BCUT2D eigenvalue weighted by Gasteiger charge is -1.91. The topological polar surface area (TPSA) is 56.0 Å².